The van der Waals surface area contributed by atoms with E-state index in [0.717, 1.165) is 115 Å². The molecule has 0 amide bonds. The van der Waals surface area contributed by atoms with Gasteiger partial charge in [-0.05, 0) is 197 Å². The molecule has 3 aromatic heterocycles. The van der Waals surface area contributed by atoms with E-state index in [2.05, 4.69) is 354 Å². The summed E-state index contributed by atoms with van der Waals surface area (Å²) in [6, 6.07) is 114. The van der Waals surface area contributed by atoms with E-state index in [9.17, 15) is 0 Å². The Bertz CT molecular complexity index is 6630. The van der Waals surface area contributed by atoms with Crippen LogP contribution in [0.15, 0.2) is 333 Å². The van der Waals surface area contributed by atoms with Crippen LogP contribution in [-0.2, 0) is 12.8 Å². The number of nitrogens with zero attached hydrogens (tertiary/aromatic N) is 5. The molecule has 0 radical (unpaired) electrons. The summed E-state index contributed by atoms with van der Waals surface area (Å²) in [4.78, 5) is 16.2. The highest BCUT2D eigenvalue weighted by molar-refractivity contribution is 6.29. The zero-order chi connectivity index (χ0) is 68.3. The first-order valence-corrected chi connectivity index (χ1v) is 36.3. The third-order valence-electron chi connectivity index (χ3n) is 22.0. The Labute approximate surface area is 601 Å². The number of hydrogen-bond acceptors (Lipinski definition) is 4. The summed E-state index contributed by atoms with van der Waals surface area (Å²) in [5.41, 5.74) is 27.0. The summed E-state index contributed by atoms with van der Waals surface area (Å²) in [5.74, 6) is 0.708. The van der Waals surface area contributed by atoms with Gasteiger partial charge < -0.3 is 14.5 Å². The molecule has 6 heteroatoms. The molecule has 4 heterocycles. The van der Waals surface area contributed by atoms with Gasteiger partial charge in [0.1, 0.15) is 6.17 Å². The minimum atomic E-state index is -0.340. The van der Waals surface area contributed by atoms with Crippen LogP contribution in [0.2, 0.25) is 0 Å². The van der Waals surface area contributed by atoms with Gasteiger partial charge in [0.15, 0.2) is 5.82 Å². The highest BCUT2D eigenvalue weighted by Gasteiger charge is 2.26. The van der Waals surface area contributed by atoms with Gasteiger partial charge in [0.25, 0.3) is 0 Å². The predicted octanol–water partition coefficient (Wildman–Crippen LogP) is 24.7. The minimum Gasteiger partial charge on any atom is -0.360 e. The van der Waals surface area contributed by atoms with E-state index >= 15 is 0 Å². The molecule has 15 aromatic carbocycles. The third-order valence-corrected chi connectivity index (χ3v) is 22.0. The Balaban J connectivity index is 0.638. The van der Waals surface area contributed by atoms with Gasteiger partial charge >= 0.3 is 0 Å². The average Bonchev–Trinajstić information content (AvgIpc) is 1.51. The second-order valence-corrected chi connectivity index (χ2v) is 28.0. The van der Waals surface area contributed by atoms with Crippen LogP contribution in [0.3, 0.4) is 0 Å². The molecule has 2 aliphatic carbocycles. The van der Waals surface area contributed by atoms with Crippen LogP contribution in [-0.4, -0.2) is 24.8 Å². The fraction of sp³-hybridized carbons (Fsp3) is 0.0510. The summed E-state index contributed by atoms with van der Waals surface area (Å²) in [6.07, 6.45) is 15.1. The number of aromatic nitrogens is 4. The van der Waals surface area contributed by atoms with E-state index in [1.807, 2.05) is 0 Å². The molecule has 1 aliphatic heterocycles. The standard InChI is InChI=1S/C98H66N6/c1-2-22-69(23-3-1)85-59-87(75-27-16-28-79(57-75)103-89-52-47-65-19-8-12-29-80(65)92(89)93-81-30-13-9-20-66(81)48-53-90(93)103)101-97(99-85)71-41-35-64(36-42-71)63-33-39-68(40-34-63)84-58-74-26-11-15-32-83(74)95-94-82-31-14-10-21-67(82)49-54-91(94)104(96(84)95)78-50-45-70(46-51-78)86-60-88(76-43-37-61-17-4-6-24-72(61)55-76)102-98(100-86)77-44-38-62-18-5-7-25-73(62)56-77/h1-5,7-13,15-23,25-30,32-60,97,101H,6,14,24,31H2. The first-order valence-electron chi connectivity index (χ1n) is 36.3. The fourth-order valence-electron chi connectivity index (χ4n) is 17.0. The number of aliphatic imine (C=N–C) groups is 1. The number of fused-ring (bicyclic) bond motifs is 16. The molecular weight excluding hydrogens is 1260 g/mol. The lowest BCUT2D eigenvalue weighted by molar-refractivity contribution is 0.664. The predicted molar refractivity (Wildman–Crippen MR) is 436 cm³/mol. The Morgan fingerprint density at radius 1 is 0.346 bits per heavy atom. The molecule has 488 valence electrons. The molecule has 1 atom stereocenters. The third kappa shape index (κ3) is 9.96. The molecule has 0 fully saturated rings. The summed E-state index contributed by atoms with van der Waals surface area (Å²) in [5, 5.41) is 18.9. The zero-order valence-corrected chi connectivity index (χ0v) is 57.0. The maximum atomic E-state index is 5.45. The number of aryl methyl sites for hydroxylation is 2. The van der Waals surface area contributed by atoms with Crippen LogP contribution < -0.4 is 5.32 Å². The number of benzene rings is 15. The highest BCUT2D eigenvalue weighted by atomic mass is 15.1. The minimum absolute atomic E-state index is 0.340. The molecule has 21 rings (SSSR count). The summed E-state index contributed by atoms with van der Waals surface area (Å²) < 4.78 is 4.98. The summed E-state index contributed by atoms with van der Waals surface area (Å²) in [6.45, 7) is 0. The van der Waals surface area contributed by atoms with Gasteiger partial charge in [-0.2, -0.15) is 0 Å². The van der Waals surface area contributed by atoms with Crippen LogP contribution in [0.25, 0.3) is 172 Å². The van der Waals surface area contributed by atoms with Crippen molar-refractivity contribution in [3.63, 3.8) is 0 Å². The molecular formula is C98H66N6. The maximum Gasteiger partial charge on any atom is 0.160 e. The van der Waals surface area contributed by atoms with Crippen molar-refractivity contribution in [3.05, 3.63) is 367 Å². The second-order valence-electron chi connectivity index (χ2n) is 28.0. The van der Waals surface area contributed by atoms with Crippen molar-refractivity contribution in [2.75, 3.05) is 0 Å². The molecule has 3 aliphatic rings. The van der Waals surface area contributed by atoms with Crippen LogP contribution in [0, 0.1) is 0 Å². The molecule has 0 spiro atoms. The molecule has 1 N–H and O–H groups in total. The van der Waals surface area contributed by atoms with Crippen molar-refractivity contribution < 1.29 is 0 Å². The van der Waals surface area contributed by atoms with Crippen molar-refractivity contribution in [2.45, 2.75) is 31.8 Å². The van der Waals surface area contributed by atoms with Crippen molar-refractivity contribution in [1.29, 1.82) is 0 Å². The van der Waals surface area contributed by atoms with Gasteiger partial charge in [-0.15, -0.1) is 0 Å². The first kappa shape index (κ1) is 59.6. The molecule has 0 saturated carbocycles. The smallest absolute Gasteiger partial charge is 0.160 e. The molecule has 6 nitrogen and oxygen atoms in total. The molecule has 0 bridgehead atoms. The maximum absolute atomic E-state index is 5.45. The number of nitrogens with one attached hydrogen (secondary N) is 1. The molecule has 0 saturated heterocycles. The largest absolute Gasteiger partial charge is 0.360 e. The lowest BCUT2D eigenvalue weighted by Crippen LogP contribution is -2.25. The Kier molecular flexibility index (Phi) is 13.9. The Morgan fingerprint density at radius 2 is 0.913 bits per heavy atom. The van der Waals surface area contributed by atoms with Crippen LogP contribution in [0.1, 0.15) is 58.0 Å². The SMILES string of the molecule is C1=Cc2ccc(-c3cc(-c4ccc(-n5c6ccc7c(c6c6c8ccccc8cc(-c8ccc(-c9ccc(C%10N=C(c%11ccccc%11)C=C(c%11cccc(-n%12c%13ccc%14ccccc%14c%13c%13c%14ccccc%14ccc%13%12)c%11)N%10)cc9)cc8)c65)CCC=C7)cc4)nc(-c4ccc5ccccc5c4)n3)cc2CC1. The van der Waals surface area contributed by atoms with Crippen LogP contribution in [0.4, 0.5) is 0 Å². The average molecular weight is 1330 g/mol. The van der Waals surface area contributed by atoms with Gasteiger partial charge in [-0.1, -0.05) is 267 Å². The monoisotopic (exact) mass is 1330 g/mol. The van der Waals surface area contributed by atoms with E-state index < -0.39 is 0 Å². The Hall–Kier alpha value is -13.3. The Morgan fingerprint density at radius 3 is 1.66 bits per heavy atom. The molecule has 104 heavy (non-hydrogen) atoms. The van der Waals surface area contributed by atoms with Gasteiger partial charge in [-0.3, -0.25) is 4.99 Å². The summed E-state index contributed by atoms with van der Waals surface area (Å²) >= 11 is 0. The van der Waals surface area contributed by atoms with Crippen molar-refractivity contribution in [1.82, 2.24) is 24.4 Å². The second kappa shape index (κ2) is 24.2. The van der Waals surface area contributed by atoms with E-state index in [0.29, 0.717) is 5.82 Å². The fourth-order valence-corrected chi connectivity index (χ4v) is 17.0. The van der Waals surface area contributed by atoms with E-state index in [-0.39, 0.29) is 6.17 Å². The number of hydrogen-bond donors (Lipinski definition) is 1. The highest BCUT2D eigenvalue weighted by Crippen LogP contribution is 2.47. The first-order chi connectivity index (χ1) is 51.5. The van der Waals surface area contributed by atoms with Crippen molar-refractivity contribution in [2.24, 2.45) is 4.99 Å². The lowest BCUT2D eigenvalue weighted by Gasteiger charge is -2.25. The van der Waals surface area contributed by atoms with Gasteiger partial charge in [0.05, 0.1) is 39.2 Å². The van der Waals surface area contributed by atoms with E-state index in [4.69, 9.17) is 15.0 Å². The topological polar surface area (TPSA) is 60.0 Å². The van der Waals surface area contributed by atoms with Crippen LogP contribution >= 0.6 is 0 Å². The van der Waals surface area contributed by atoms with Crippen LogP contribution in [0.5, 0.6) is 0 Å². The normalized spacial score (nSPS) is 14.2. The quantitative estimate of drug-likeness (QED) is 0.148. The van der Waals surface area contributed by atoms with Crippen molar-refractivity contribution in [3.8, 4) is 67.5 Å². The number of rotatable bonds is 10. The van der Waals surface area contributed by atoms with E-state index in [1.54, 1.807) is 0 Å². The zero-order valence-electron chi connectivity index (χ0n) is 57.0. The van der Waals surface area contributed by atoms with Crippen molar-refractivity contribution >= 4 is 110 Å². The molecule has 18 aromatic rings. The number of allylic oxidation sites excluding steroid dienone is 3. The summed E-state index contributed by atoms with van der Waals surface area (Å²) in [7, 11) is 0. The lowest BCUT2D eigenvalue weighted by atomic mass is 9.90. The molecule has 1 unspecified atom stereocenters. The van der Waals surface area contributed by atoms with Gasteiger partial charge in [-0.25, -0.2) is 9.97 Å². The van der Waals surface area contributed by atoms with Gasteiger partial charge in [0, 0.05) is 60.9 Å². The van der Waals surface area contributed by atoms with E-state index in [1.165, 1.54) is 109 Å². The van der Waals surface area contributed by atoms with Gasteiger partial charge in [0.2, 0.25) is 0 Å².